The molecule has 1 fully saturated rings. The number of hydrogen-bond acceptors (Lipinski definition) is 4. The Bertz CT molecular complexity index is 608. The maximum Gasteiger partial charge on any atom is 0.129 e. The van der Waals surface area contributed by atoms with Crippen LogP contribution >= 0.6 is 23.7 Å². The van der Waals surface area contributed by atoms with Crippen LogP contribution in [0.15, 0.2) is 24.4 Å². The first-order valence-corrected chi connectivity index (χ1v) is 7.75. The molecule has 2 aromatic rings. The summed E-state index contributed by atoms with van der Waals surface area (Å²) in [6.45, 7) is 4.32. The molecule has 108 valence electrons. The Labute approximate surface area is 128 Å². The number of rotatable bonds is 3. The summed E-state index contributed by atoms with van der Waals surface area (Å²) in [5.74, 6) is 0.824. The minimum Gasteiger partial charge on any atom is -0.496 e. The van der Waals surface area contributed by atoms with E-state index >= 15 is 0 Å². The lowest BCUT2D eigenvalue weighted by Gasteiger charge is -2.31. The zero-order valence-electron chi connectivity index (χ0n) is 11.7. The van der Waals surface area contributed by atoms with Gasteiger partial charge in [0.1, 0.15) is 5.75 Å². The maximum atomic E-state index is 6.36. The van der Waals surface area contributed by atoms with Gasteiger partial charge in [0.15, 0.2) is 0 Å². The van der Waals surface area contributed by atoms with Gasteiger partial charge in [-0.1, -0.05) is 17.7 Å². The molecule has 1 aliphatic heterocycles. The van der Waals surface area contributed by atoms with Crippen LogP contribution < -0.4 is 4.74 Å². The van der Waals surface area contributed by atoms with E-state index in [1.165, 1.54) is 0 Å². The Kier molecular flexibility index (Phi) is 4.12. The second kappa shape index (κ2) is 5.85. The topological polar surface area (TPSA) is 20.6 Å². The molecule has 1 aliphatic rings. The first-order valence-electron chi connectivity index (χ1n) is 6.64. The van der Waals surface area contributed by atoms with Crippen molar-refractivity contribution in [2.45, 2.75) is 0 Å². The molecule has 0 saturated carbocycles. The average Bonchev–Trinajstić information content (AvgIpc) is 2.78. The number of ether oxygens (including phenoxy) is 1. The first-order chi connectivity index (χ1) is 9.69. The molecule has 0 aliphatic carbocycles. The van der Waals surface area contributed by atoms with Crippen LogP contribution in [0.5, 0.6) is 5.75 Å². The molecule has 0 amide bonds. The van der Waals surface area contributed by atoms with Gasteiger partial charge >= 0.3 is 0 Å². The van der Waals surface area contributed by atoms with Crippen LogP contribution in [0.2, 0.25) is 5.02 Å². The average molecular weight is 312 g/mol. The highest BCUT2D eigenvalue weighted by molar-refractivity contribution is 7.95. The van der Waals surface area contributed by atoms with Crippen LogP contribution in [0.1, 0.15) is 0 Å². The van der Waals surface area contributed by atoms with Crippen LogP contribution in [0.3, 0.4) is 0 Å². The van der Waals surface area contributed by atoms with Crippen molar-refractivity contribution in [3.8, 4) is 5.75 Å². The zero-order valence-corrected chi connectivity index (χ0v) is 13.2. The molecule has 2 heterocycles. The highest BCUT2D eigenvalue weighted by Crippen LogP contribution is 2.36. The van der Waals surface area contributed by atoms with Gasteiger partial charge in [-0.05, 0) is 19.2 Å². The number of aromatic nitrogens is 1. The third-order valence-electron chi connectivity index (χ3n) is 3.60. The molecule has 0 spiro atoms. The third-order valence-corrected chi connectivity index (χ3v) is 4.96. The molecule has 4 nitrogen and oxygen atoms in total. The number of fused-ring (bicyclic) bond motifs is 1. The van der Waals surface area contributed by atoms with Gasteiger partial charge in [0.05, 0.1) is 23.0 Å². The van der Waals surface area contributed by atoms with Crippen LogP contribution in [-0.2, 0) is 0 Å². The largest absolute Gasteiger partial charge is 0.496 e. The molecule has 1 saturated heterocycles. The quantitative estimate of drug-likeness (QED) is 0.812. The lowest BCUT2D eigenvalue weighted by molar-refractivity contribution is 0.233. The molecule has 1 aromatic carbocycles. The van der Waals surface area contributed by atoms with Crippen molar-refractivity contribution in [2.75, 3.05) is 40.3 Å². The summed E-state index contributed by atoms with van der Waals surface area (Å²) in [5, 5.41) is 1.72. The number of likely N-dealkylation sites (N-methyl/N-ethyl adjacent to an activating group) is 1. The highest BCUT2D eigenvalue weighted by Gasteiger charge is 2.18. The van der Waals surface area contributed by atoms with Crippen molar-refractivity contribution >= 4 is 34.6 Å². The summed E-state index contributed by atoms with van der Waals surface area (Å²) in [6, 6.07) is 6.02. The Hall–Kier alpha value is -0.880. The predicted octanol–water partition coefficient (Wildman–Crippen LogP) is 2.96. The van der Waals surface area contributed by atoms with E-state index in [0.717, 1.165) is 47.9 Å². The zero-order chi connectivity index (χ0) is 14.1. The Morgan fingerprint density at radius 1 is 1.20 bits per heavy atom. The molecular weight excluding hydrogens is 294 g/mol. The van der Waals surface area contributed by atoms with Crippen molar-refractivity contribution in [1.82, 2.24) is 13.2 Å². The molecule has 0 unspecified atom stereocenters. The van der Waals surface area contributed by atoms with Gasteiger partial charge in [0, 0.05) is 44.5 Å². The van der Waals surface area contributed by atoms with E-state index in [4.69, 9.17) is 16.3 Å². The summed E-state index contributed by atoms with van der Waals surface area (Å²) in [5.41, 5.74) is 1.10. The van der Waals surface area contributed by atoms with Crippen LogP contribution in [-0.4, -0.2) is 53.5 Å². The van der Waals surface area contributed by atoms with Crippen molar-refractivity contribution < 1.29 is 4.74 Å². The van der Waals surface area contributed by atoms with Crippen LogP contribution in [0, 0.1) is 0 Å². The molecule has 0 radical (unpaired) electrons. The monoisotopic (exact) mass is 311 g/mol. The van der Waals surface area contributed by atoms with Gasteiger partial charge in [0.2, 0.25) is 0 Å². The summed E-state index contributed by atoms with van der Waals surface area (Å²) in [4.78, 5) is 2.35. The van der Waals surface area contributed by atoms with Gasteiger partial charge in [-0.25, -0.2) is 4.31 Å². The minimum absolute atomic E-state index is 0.735. The smallest absolute Gasteiger partial charge is 0.129 e. The number of piperazine rings is 1. The molecule has 0 N–H and O–H groups in total. The van der Waals surface area contributed by atoms with Gasteiger partial charge in [-0.2, -0.15) is 0 Å². The van der Waals surface area contributed by atoms with Crippen LogP contribution in [0.4, 0.5) is 0 Å². The second-order valence-electron chi connectivity index (χ2n) is 4.97. The summed E-state index contributed by atoms with van der Waals surface area (Å²) in [6.07, 6.45) is 1.97. The van der Waals surface area contributed by atoms with Gasteiger partial charge in [-0.15, -0.1) is 0 Å². The van der Waals surface area contributed by atoms with Gasteiger partial charge in [-0.3, -0.25) is 3.97 Å². The van der Waals surface area contributed by atoms with E-state index in [-0.39, 0.29) is 0 Å². The minimum atomic E-state index is 0.735. The number of methoxy groups -OCH3 is 1. The van der Waals surface area contributed by atoms with E-state index in [1.54, 1.807) is 19.2 Å². The van der Waals surface area contributed by atoms with Crippen molar-refractivity contribution in [3.05, 3.63) is 29.4 Å². The molecular formula is C14H18ClN3OS. The third kappa shape index (κ3) is 2.63. The number of hydrogen-bond donors (Lipinski definition) is 0. The fourth-order valence-corrected chi connectivity index (χ4v) is 3.73. The summed E-state index contributed by atoms with van der Waals surface area (Å²) in [7, 11) is 3.84. The fraction of sp³-hybridized carbons (Fsp3) is 0.429. The van der Waals surface area contributed by atoms with E-state index in [1.807, 2.05) is 18.3 Å². The Morgan fingerprint density at radius 2 is 1.95 bits per heavy atom. The molecule has 3 rings (SSSR count). The van der Waals surface area contributed by atoms with Gasteiger partial charge < -0.3 is 9.64 Å². The second-order valence-corrected chi connectivity index (χ2v) is 6.45. The Morgan fingerprint density at radius 3 is 2.65 bits per heavy atom. The highest BCUT2D eigenvalue weighted by atomic mass is 35.5. The lowest BCUT2D eigenvalue weighted by atomic mass is 10.2. The maximum absolute atomic E-state index is 6.36. The van der Waals surface area contributed by atoms with E-state index < -0.39 is 0 Å². The van der Waals surface area contributed by atoms with Crippen molar-refractivity contribution in [3.63, 3.8) is 0 Å². The number of halogens is 1. The van der Waals surface area contributed by atoms with Crippen LogP contribution in [0.25, 0.3) is 10.9 Å². The molecule has 0 bridgehead atoms. The van der Waals surface area contributed by atoms with E-state index in [9.17, 15) is 0 Å². The first kappa shape index (κ1) is 14.1. The van der Waals surface area contributed by atoms with Crippen molar-refractivity contribution in [2.24, 2.45) is 0 Å². The fourth-order valence-electron chi connectivity index (χ4n) is 2.41. The van der Waals surface area contributed by atoms with Crippen molar-refractivity contribution in [1.29, 1.82) is 0 Å². The predicted molar refractivity (Wildman–Crippen MR) is 85.6 cm³/mol. The molecule has 20 heavy (non-hydrogen) atoms. The van der Waals surface area contributed by atoms with Gasteiger partial charge in [0.25, 0.3) is 0 Å². The number of nitrogens with zero attached hydrogens (tertiary/aromatic N) is 3. The Balaban J connectivity index is 1.89. The molecule has 6 heteroatoms. The molecule has 0 atom stereocenters. The normalized spacial score (nSPS) is 17.8. The number of benzene rings is 1. The standard InChI is InChI=1S/C14H18ClN3OS/c1-16-6-8-17(9-7-16)20-18-10-11(15)14-12(18)4-3-5-13(14)19-2/h3-5,10H,6-9H2,1-2H3. The lowest BCUT2D eigenvalue weighted by Crippen LogP contribution is -2.41. The summed E-state index contributed by atoms with van der Waals surface area (Å²) >= 11 is 8.08. The van der Waals surface area contributed by atoms with E-state index in [0.29, 0.717) is 0 Å². The summed E-state index contributed by atoms with van der Waals surface area (Å²) < 4.78 is 9.90. The van der Waals surface area contributed by atoms with E-state index in [2.05, 4.69) is 26.3 Å². The molecule has 1 aromatic heterocycles. The SMILES string of the molecule is COc1cccc2c1c(Cl)cn2SN1CCN(C)CC1.